The number of carbonyl (C=O) groups is 1. The molecule has 1 heterocycles. The largest absolute Gasteiger partial charge is 0.508 e. The van der Waals surface area contributed by atoms with Crippen LogP contribution in [0.3, 0.4) is 0 Å². The van der Waals surface area contributed by atoms with Gasteiger partial charge in [-0.25, -0.2) is 0 Å². The van der Waals surface area contributed by atoms with Gasteiger partial charge in [0, 0.05) is 24.3 Å². The molecule has 1 fully saturated rings. The summed E-state index contributed by atoms with van der Waals surface area (Å²) in [6.45, 7) is 6.53. The van der Waals surface area contributed by atoms with Crippen molar-refractivity contribution in [2.24, 2.45) is 5.73 Å². The lowest BCUT2D eigenvalue weighted by Crippen LogP contribution is -2.36. The molecule has 6 nitrogen and oxygen atoms in total. The summed E-state index contributed by atoms with van der Waals surface area (Å²) in [5.74, 6) is -0.373. The highest BCUT2D eigenvalue weighted by atomic mass is 16.5. The van der Waals surface area contributed by atoms with E-state index in [0.29, 0.717) is 30.0 Å². The molecule has 6 heteroatoms. The van der Waals surface area contributed by atoms with Gasteiger partial charge in [-0.3, -0.25) is 4.79 Å². The molecule has 0 spiro atoms. The SMILES string of the molecule is Cc1ccc(O)c(C)c1-c1cc(N2CCOCC2)cc(C(N)=O)c1N. The second kappa shape index (κ2) is 6.64. The number of ether oxygens (including phenoxy) is 1. The minimum absolute atomic E-state index is 0.192. The number of carbonyl (C=O) groups excluding carboxylic acids is 1. The van der Waals surface area contributed by atoms with E-state index >= 15 is 0 Å². The number of morpholine rings is 1. The van der Waals surface area contributed by atoms with Crippen molar-refractivity contribution < 1.29 is 14.6 Å². The number of phenols is 1. The Morgan fingerprint density at radius 2 is 1.88 bits per heavy atom. The molecule has 1 amide bonds. The van der Waals surface area contributed by atoms with Gasteiger partial charge in [-0.2, -0.15) is 0 Å². The molecule has 0 bridgehead atoms. The topological polar surface area (TPSA) is 102 Å². The molecule has 1 aliphatic heterocycles. The number of primary amides is 1. The maximum Gasteiger partial charge on any atom is 0.250 e. The van der Waals surface area contributed by atoms with Crippen LogP contribution in [-0.4, -0.2) is 37.3 Å². The Labute approximate surface area is 147 Å². The van der Waals surface area contributed by atoms with Gasteiger partial charge < -0.3 is 26.2 Å². The van der Waals surface area contributed by atoms with Crippen molar-refractivity contribution in [2.75, 3.05) is 36.9 Å². The molecule has 0 aliphatic carbocycles. The Bertz CT molecular complexity index is 827. The number of phenolic OH excluding ortho intramolecular Hbond substituents is 1. The van der Waals surface area contributed by atoms with E-state index in [0.717, 1.165) is 35.5 Å². The average Bonchev–Trinajstić information content (AvgIpc) is 2.60. The molecule has 1 aliphatic rings. The van der Waals surface area contributed by atoms with Crippen LogP contribution < -0.4 is 16.4 Å². The van der Waals surface area contributed by atoms with E-state index in [-0.39, 0.29) is 5.75 Å². The van der Waals surface area contributed by atoms with Crippen LogP contribution in [0.1, 0.15) is 21.5 Å². The summed E-state index contributed by atoms with van der Waals surface area (Å²) in [6.07, 6.45) is 0. The Kier molecular flexibility index (Phi) is 4.55. The normalized spacial score (nSPS) is 14.6. The molecule has 0 saturated carbocycles. The van der Waals surface area contributed by atoms with Gasteiger partial charge in [-0.05, 0) is 48.7 Å². The lowest BCUT2D eigenvalue weighted by molar-refractivity contribution is 0.100. The maximum absolute atomic E-state index is 11.9. The molecule has 25 heavy (non-hydrogen) atoms. The predicted octanol–water partition coefficient (Wildman–Crippen LogP) is 2.19. The van der Waals surface area contributed by atoms with Crippen LogP contribution in [0.4, 0.5) is 11.4 Å². The number of hydrogen-bond acceptors (Lipinski definition) is 5. The summed E-state index contributed by atoms with van der Waals surface area (Å²) < 4.78 is 5.40. The summed E-state index contributed by atoms with van der Waals surface area (Å²) in [5.41, 5.74) is 16.6. The number of amides is 1. The molecule has 0 radical (unpaired) electrons. The number of aromatic hydroxyl groups is 1. The van der Waals surface area contributed by atoms with E-state index < -0.39 is 5.91 Å². The van der Waals surface area contributed by atoms with Crippen LogP contribution in [0.25, 0.3) is 11.1 Å². The molecule has 1 saturated heterocycles. The smallest absolute Gasteiger partial charge is 0.250 e. The van der Waals surface area contributed by atoms with Gasteiger partial charge >= 0.3 is 0 Å². The van der Waals surface area contributed by atoms with Gasteiger partial charge in [0.1, 0.15) is 5.75 Å². The molecule has 0 atom stereocenters. The third kappa shape index (κ3) is 3.13. The standard InChI is InChI=1S/C19H23N3O3/c1-11-3-4-16(23)12(2)17(11)14-9-13(22-5-7-25-8-6-22)10-15(18(14)20)19(21)24/h3-4,9-10,23H,5-8,20H2,1-2H3,(H2,21,24). The van der Waals surface area contributed by atoms with Crippen LogP contribution in [0.5, 0.6) is 5.75 Å². The first-order valence-electron chi connectivity index (χ1n) is 8.25. The van der Waals surface area contributed by atoms with E-state index in [1.54, 1.807) is 12.1 Å². The molecular formula is C19H23N3O3. The van der Waals surface area contributed by atoms with E-state index in [1.807, 2.05) is 26.0 Å². The fourth-order valence-corrected chi connectivity index (χ4v) is 3.30. The highest BCUT2D eigenvalue weighted by Gasteiger charge is 2.21. The van der Waals surface area contributed by atoms with E-state index in [9.17, 15) is 9.90 Å². The fraction of sp³-hybridized carbons (Fsp3) is 0.316. The highest BCUT2D eigenvalue weighted by molar-refractivity contribution is 6.03. The number of benzene rings is 2. The van der Waals surface area contributed by atoms with Crippen LogP contribution in [0.2, 0.25) is 0 Å². The van der Waals surface area contributed by atoms with E-state index in [1.165, 1.54) is 0 Å². The minimum atomic E-state index is -0.565. The van der Waals surface area contributed by atoms with Crippen LogP contribution in [0.15, 0.2) is 24.3 Å². The first-order valence-corrected chi connectivity index (χ1v) is 8.25. The minimum Gasteiger partial charge on any atom is -0.508 e. The second-order valence-electron chi connectivity index (χ2n) is 6.32. The molecule has 2 aromatic carbocycles. The van der Waals surface area contributed by atoms with Gasteiger partial charge in [0.25, 0.3) is 5.91 Å². The molecule has 0 aromatic heterocycles. The van der Waals surface area contributed by atoms with Crippen molar-refractivity contribution in [3.05, 3.63) is 41.0 Å². The van der Waals surface area contributed by atoms with Crippen LogP contribution in [0, 0.1) is 13.8 Å². The zero-order valence-electron chi connectivity index (χ0n) is 14.5. The van der Waals surface area contributed by atoms with Crippen molar-refractivity contribution >= 4 is 17.3 Å². The average molecular weight is 341 g/mol. The van der Waals surface area contributed by atoms with Crippen molar-refractivity contribution in [1.82, 2.24) is 0 Å². The highest BCUT2D eigenvalue weighted by Crippen LogP contribution is 2.39. The Hall–Kier alpha value is -2.73. The lowest BCUT2D eigenvalue weighted by Gasteiger charge is -2.30. The number of rotatable bonds is 3. The van der Waals surface area contributed by atoms with Crippen molar-refractivity contribution in [3.8, 4) is 16.9 Å². The number of nitrogen functional groups attached to an aromatic ring is 1. The third-order valence-electron chi connectivity index (χ3n) is 4.72. The quantitative estimate of drug-likeness (QED) is 0.743. The zero-order valence-corrected chi connectivity index (χ0v) is 14.5. The third-order valence-corrected chi connectivity index (χ3v) is 4.72. The molecule has 3 rings (SSSR count). The first kappa shape index (κ1) is 17.1. The summed E-state index contributed by atoms with van der Waals surface area (Å²) >= 11 is 0. The van der Waals surface area contributed by atoms with Crippen LogP contribution >= 0.6 is 0 Å². The first-order chi connectivity index (χ1) is 11.9. The molecule has 5 N–H and O–H groups in total. The predicted molar refractivity (Wildman–Crippen MR) is 99.0 cm³/mol. The van der Waals surface area contributed by atoms with Crippen molar-refractivity contribution in [2.45, 2.75) is 13.8 Å². The second-order valence-corrected chi connectivity index (χ2v) is 6.32. The zero-order chi connectivity index (χ0) is 18.1. The Balaban J connectivity index is 2.24. The summed E-state index contributed by atoms with van der Waals surface area (Å²) in [6, 6.07) is 7.19. The number of aryl methyl sites for hydroxylation is 1. The Morgan fingerprint density at radius 3 is 2.52 bits per heavy atom. The van der Waals surface area contributed by atoms with Gasteiger partial charge in [0.05, 0.1) is 24.5 Å². The summed E-state index contributed by atoms with van der Waals surface area (Å²) in [7, 11) is 0. The van der Waals surface area contributed by atoms with Crippen LogP contribution in [-0.2, 0) is 4.74 Å². The monoisotopic (exact) mass is 341 g/mol. The summed E-state index contributed by atoms with van der Waals surface area (Å²) in [4.78, 5) is 14.1. The fourth-order valence-electron chi connectivity index (χ4n) is 3.30. The number of hydrogen-bond donors (Lipinski definition) is 3. The molecule has 2 aromatic rings. The van der Waals surface area contributed by atoms with E-state index in [2.05, 4.69) is 4.90 Å². The van der Waals surface area contributed by atoms with Gasteiger partial charge in [0.2, 0.25) is 0 Å². The number of anilines is 2. The number of nitrogens with zero attached hydrogens (tertiary/aromatic N) is 1. The summed E-state index contributed by atoms with van der Waals surface area (Å²) in [5, 5.41) is 10.1. The Morgan fingerprint density at radius 1 is 1.20 bits per heavy atom. The van der Waals surface area contributed by atoms with Crippen molar-refractivity contribution in [1.29, 1.82) is 0 Å². The van der Waals surface area contributed by atoms with E-state index in [4.69, 9.17) is 16.2 Å². The molecule has 0 unspecified atom stereocenters. The maximum atomic E-state index is 11.9. The van der Waals surface area contributed by atoms with Gasteiger partial charge in [0.15, 0.2) is 0 Å². The van der Waals surface area contributed by atoms with Gasteiger partial charge in [-0.1, -0.05) is 6.07 Å². The lowest BCUT2D eigenvalue weighted by atomic mass is 9.91. The number of nitrogens with two attached hydrogens (primary N) is 2. The molecular weight excluding hydrogens is 318 g/mol. The van der Waals surface area contributed by atoms with Gasteiger partial charge in [-0.15, -0.1) is 0 Å². The van der Waals surface area contributed by atoms with Crippen molar-refractivity contribution in [3.63, 3.8) is 0 Å². The molecule has 132 valence electrons.